The highest BCUT2D eigenvalue weighted by atomic mass is 16.5. The van der Waals surface area contributed by atoms with Gasteiger partial charge in [-0.2, -0.15) is 0 Å². The molecule has 120 valence electrons. The Hall–Kier alpha value is -2.55. The van der Waals surface area contributed by atoms with Crippen LogP contribution in [-0.2, 0) is 6.42 Å². The predicted octanol–water partition coefficient (Wildman–Crippen LogP) is 4.78. The molecule has 0 saturated heterocycles. The third-order valence-electron chi connectivity index (χ3n) is 3.48. The molecule has 1 aromatic heterocycles. The number of allylic oxidation sites excluding steroid dienone is 2. The minimum atomic E-state index is 0.618. The highest BCUT2D eigenvalue weighted by Gasteiger charge is 2.02. The summed E-state index contributed by atoms with van der Waals surface area (Å²) >= 11 is 0. The van der Waals surface area contributed by atoms with E-state index >= 15 is 0 Å². The molecule has 0 saturated carbocycles. The van der Waals surface area contributed by atoms with Crippen molar-refractivity contribution in [1.29, 1.82) is 0 Å². The summed E-state index contributed by atoms with van der Waals surface area (Å²) in [4.78, 5) is 4.19. The van der Waals surface area contributed by atoms with Gasteiger partial charge in [-0.3, -0.25) is 0 Å². The number of benzene rings is 1. The lowest BCUT2D eigenvalue weighted by atomic mass is 10.1. The van der Waals surface area contributed by atoms with Crippen LogP contribution in [0, 0.1) is 0 Å². The number of pyridine rings is 1. The molecular formula is C20H23NO2. The average molecular weight is 309 g/mol. The van der Waals surface area contributed by atoms with Gasteiger partial charge in [0.15, 0.2) is 0 Å². The summed E-state index contributed by atoms with van der Waals surface area (Å²) in [7, 11) is 3.32. The van der Waals surface area contributed by atoms with Crippen molar-refractivity contribution in [2.75, 3.05) is 14.2 Å². The lowest BCUT2D eigenvalue weighted by Gasteiger charge is -2.08. The molecule has 1 heterocycles. The summed E-state index contributed by atoms with van der Waals surface area (Å²) < 4.78 is 10.6. The van der Waals surface area contributed by atoms with Gasteiger partial charge in [0.25, 0.3) is 0 Å². The standard InChI is InChI=1S/C20H23NO2/c1-15(2)5-10-18-11-8-16(13-19(18)22-3)6-7-17-9-12-20(23-4)21-14-17/h5-9,11-14H,10H2,1-4H3/b7-6+. The first-order valence-electron chi connectivity index (χ1n) is 7.61. The van der Waals surface area contributed by atoms with E-state index in [0.29, 0.717) is 5.88 Å². The van der Waals surface area contributed by atoms with Crippen molar-refractivity contribution < 1.29 is 9.47 Å². The molecule has 1 aromatic carbocycles. The number of ether oxygens (including phenoxy) is 2. The van der Waals surface area contributed by atoms with Gasteiger partial charge in [-0.25, -0.2) is 4.98 Å². The quantitative estimate of drug-likeness (QED) is 0.720. The van der Waals surface area contributed by atoms with Gasteiger partial charge in [-0.15, -0.1) is 0 Å². The largest absolute Gasteiger partial charge is 0.496 e. The Bertz CT molecular complexity index is 696. The van der Waals surface area contributed by atoms with Gasteiger partial charge < -0.3 is 9.47 Å². The Kier molecular flexibility index (Phi) is 5.98. The molecular weight excluding hydrogens is 286 g/mol. The first-order chi connectivity index (χ1) is 11.1. The van der Waals surface area contributed by atoms with Crippen LogP contribution in [0.5, 0.6) is 11.6 Å². The first kappa shape index (κ1) is 16.8. The Morgan fingerprint density at radius 1 is 1.00 bits per heavy atom. The van der Waals surface area contributed by atoms with Crippen molar-refractivity contribution in [2.24, 2.45) is 0 Å². The van der Waals surface area contributed by atoms with Gasteiger partial charge in [0, 0.05) is 12.3 Å². The SMILES string of the molecule is COc1ccc(/C=C/c2ccc(CC=C(C)C)c(OC)c2)cn1. The van der Waals surface area contributed by atoms with E-state index in [2.05, 4.69) is 49.2 Å². The molecule has 0 atom stereocenters. The molecule has 3 nitrogen and oxygen atoms in total. The number of hydrogen-bond donors (Lipinski definition) is 0. The van der Waals surface area contributed by atoms with E-state index in [-0.39, 0.29) is 0 Å². The van der Waals surface area contributed by atoms with Crippen LogP contribution in [0.2, 0.25) is 0 Å². The molecule has 0 aliphatic carbocycles. The first-order valence-corrected chi connectivity index (χ1v) is 7.61. The summed E-state index contributed by atoms with van der Waals surface area (Å²) in [5, 5.41) is 0. The molecule has 0 aliphatic rings. The Morgan fingerprint density at radius 2 is 1.74 bits per heavy atom. The number of rotatable bonds is 6. The molecule has 0 spiro atoms. The van der Waals surface area contributed by atoms with Crippen molar-refractivity contribution in [3.05, 3.63) is 64.9 Å². The Balaban J connectivity index is 2.16. The normalized spacial score (nSPS) is 10.6. The van der Waals surface area contributed by atoms with Crippen molar-refractivity contribution >= 4 is 12.2 Å². The summed E-state index contributed by atoms with van der Waals surface area (Å²) in [6, 6.07) is 10.1. The van der Waals surface area contributed by atoms with E-state index in [0.717, 1.165) is 23.3 Å². The van der Waals surface area contributed by atoms with Crippen LogP contribution in [0.25, 0.3) is 12.2 Å². The molecule has 2 aromatic rings. The fourth-order valence-corrected chi connectivity index (χ4v) is 2.15. The van der Waals surface area contributed by atoms with Gasteiger partial charge in [-0.1, -0.05) is 35.9 Å². The number of methoxy groups -OCH3 is 2. The maximum Gasteiger partial charge on any atom is 0.212 e. The van der Waals surface area contributed by atoms with E-state index in [4.69, 9.17) is 9.47 Å². The smallest absolute Gasteiger partial charge is 0.212 e. The predicted molar refractivity (Wildman–Crippen MR) is 95.8 cm³/mol. The van der Waals surface area contributed by atoms with Crippen LogP contribution in [0.4, 0.5) is 0 Å². The van der Waals surface area contributed by atoms with Gasteiger partial charge in [0.1, 0.15) is 5.75 Å². The van der Waals surface area contributed by atoms with E-state index in [1.54, 1.807) is 20.4 Å². The van der Waals surface area contributed by atoms with Gasteiger partial charge in [-0.05, 0) is 49.1 Å². The molecule has 0 bridgehead atoms. The van der Waals surface area contributed by atoms with Crippen LogP contribution in [-0.4, -0.2) is 19.2 Å². The molecule has 23 heavy (non-hydrogen) atoms. The molecule has 0 N–H and O–H groups in total. The van der Waals surface area contributed by atoms with Crippen molar-refractivity contribution in [1.82, 2.24) is 4.98 Å². The summed E-state index contributed by atoms with van der Waals surface area (Å²) in [6.07, 6.45) is 8.96. The van der Waals surface area contributed by atoms with Crippen LogP contribution < -0.4 is 9.47 Å². The van der Waals surface area contributed by atoms with E-state index in [1.807, 2.05) is 18.2 Å². The van der Waals surface area contributed by atoms with E-state index in [9.17, 15) is 0 Å². The fourth-order valence-electron chi connectivity index (χ4n) is 2.15. The monoisotopic (exact) mass is 309 g/mol. The molecule has 0 unspecified atom stereocenters. The fraction of sp³-hybridized carbons (Fsp3) is 0.250. The second kappa shape index (κ2) is 8.18. The van der Waals surface area contributed by atoms with E-state index in [1.165, 1.54) is 11.1 Å². The molecule has 0 radical (unpaired) electrons. The number of aromatic nitrogens is 1. The summed E-state index contributed by atoms with van der Waals surface area (Å²) in [5.41, 5.74) is 4.62. The van der Waals surface area contributed by atoms with Crippen molar-refractivity contribution in [2.45, 2.75) is 20.3 Å². The minimum absolute atomic E-state index is 0.618. The maximum atomic E-state index is 5.51. The summed E-state index contributed by atoms with van der Waals surface area (Å²) in [6.45, 7) is 4.21. The third-order valence-corrected chi connectivity index (χ3v) is 3.48. The topological polar surface area (TPSA) is 31.4 Å². The van der Waals surface area contributed by atoms with Crippen LogP contribution in [0.15, 0.2) is 48.2 Å². The third kappa shape index (κ3) is 4.99. The van der Waals surface area contributed by atoms with Gasteiger partial charge in [0.05, 0.1) is 14.2 Å². The maximum absolute atomic E-state index is 5.51. The van der Waals surface area contributed by atoms with Crippen molar-refractivity contribution in [3.8, 4) is 11.6 Å². The van der Waals surface area contributed by atoms with Gasteiger partial charge in [0.2, 0.25) is 5.88 Å². The molecule has 0 aliphatic heterocycles. The zero-order valence-electron chi connectivity index (χ0n) is 14.2. The lowest BCUT2D eigenvalue weighted by molar-refractivity contribution is 0.398. The minimum Gasteiger partial charge on any atom is -0.496 e. The second-order valence-electron chi connectivity index (χ2n) is 5.52. The number of nitrogens with zero attached hydrogens (tertiary/aromatic N) is 1. The average Bonchev–Trinajstić information content (AvgIpc) is 2.58. The second-order valence-corrected chi connectivity index (χ2v) is 5.52. The van der Waals surface area contributed by atoms with Crippen LogP contribution in [0.3, 0.4) is 0 Å². The van der Waals surface area contributed by atoms with Crippen LogP contribution in [0.1, 0.15) is 30.5 Å². The zero-order valence-corrected chi connectivity index (χ0v) is 14.2. The highest BCUT2D eigenvalue weighted by Crippen LogP contribution is 2.23. The molecule has 0 amide bonds. The van der Waals surface area contributed by atoms with E-state index < -0.39 is 0 Å². The summed E-state index contributed by atoms with van der Waals surface area (Å²) in [5.74, 6) is 1.53. The Morgan fingerprint density at radius 3 is 2.35 bits per heavy atom. The van der Waals surface area contributed by atoms with Crippen molar-refractivity contribution in [3.63, 3.8) is 0 Å². The number of hydrogen-bond acceptors (Lipinski definition) is 3. The van der Waals surface area contributed by atoms with Crippen LogP contribution >= 0.6 is 0 Å². The molecule has 2 rings (SSSR count). The molecule has 3 heteroatoms. The van der Waals surface area contributed by atoms with Gasteiger partial charge >= 0.3 is 0 Å². The zero-order chi connectivity index (χ0) is 16.7. The highest BCUT2D eigenvalue weighted by molar-refractivity contribution is 5.70. The molecule has 0 fully saturated rings. The lowest BCUT2D eigenvalue weighted by Crippen LogP contribution is -1.92. The Labute approximate surface area is 138 Å².